The molecule has 0 aromatic heterocycles. The molecule has 1 aromatic rings. The van der Waals surface area contributed by atoms with Gasteiger partial charge in [-0.3, -0.25) is 4.79 Å². The maximum Gasteiger partial charge on any atom is 0.253 e. The molecule has 0 atom stereocenters. The molecule has 0 heterocycles. The van der Waals surface area contributed by atoms with Crippen LogP contribution in [-0.4, -0.2) is 29.2 Å². The first kappa shape index (κ1) is 16.2. The van der Waals surface area contributed by atoms with Crippen molar-refractivity contribution in [3.8, 4) is 0 Å². The van der Waals surface area contributed by atoms with Crippen molar-refractivity contribution >= 4 is 53.7 Å². The van der Waals surface area contributed by atoms with E-state index in [1.807, 2.05) is 23.1 Å². The summed E-state index contributed by atoms with van der Waals surface area (Å²) in [5.41, 5.74) is 0.716. The van der Waals surface area contributed by atoms with E-state index in [1.165, 1.54) is 0 Å². The van der Waals surface area contributed by atoms with E-state index in [9.17, 15) is 4.79 Å². The second-order valence-electron chi connectivity index (χ2n) is 3.99. The van der Waals surface area contributed by atoms with Gasteiger partial charge in [-0.05, 0) is 24.6 Å². The fourth-order valence-electron chi connectivity index (χ4n) is 1.63. The number of benzene rings is 1. The third-order valence-corrected chi connectivity index (χ3v) is 3.80. The smallest absolute Gasteiger partial charge is 0.253 e. The average molecular weight is 442 g/mol. The Balaban J connectivity index is 2.86. The summed E-state index contributed by atoms with van der Waals surface area (Å²) in [5, 5.41) is 0.803. The van der Waals surface area contributed by atoms with Crippen LogP contribution >= 0.6 is 47.8 Å². The summed E-state index contributed by atoms with van der Waals surface area (Å²) in [6.07, 6.45) is 2.13. The summed E-state index contributed by atoms with van der Waals surface area (Å²) in [7, 11) is 0. The van der Waals surface area contributed by atoms with Crippen molar-refractivity contribution in [2.45, 2.75) is 19.8 Å². The fraction of sp³-hybridized carbons (Fsp3) is 0.462. The minimum absolute atomic E-state index is 0.0879. The van der Waals surface area contributed by atoms with Gasteiger partial charge in [0.25, 0.3) is 5.91 Å². The van der Waals surface area contributed by atoms with Gasteiger partial charge in [-0.15, -0.1) is 0 Å². The zero-order valence-electron chi connectivity index (χ0n) is 10.3. The lowest BCUT2D eigenvalue weighted by Gasteiger charge is -2.21. The van der Waals surface area contributed by atoms with E-state index in [0.717, 1.165) is 40.2 Å². The fourth-order valence-corrected chi connectivity index (χ4v) is 3.35. The summed E-state index contributed by atoms with van der Waals surface area (Å²) in [4.78, 5) is 14.3. The lowest BCUT2D eigenvalue weighted by molar-refractivity contribution is 0.0764. The van der Waals surface area contributed by atoms with Crippen LogP contribution in [0.5, 0.6) is 0 Å². The van der Waals surface area contributed by atoms with E-state index >= 15 is 0 Å². The molecule has 0 bridgehead atoms. The molecule has 0 aliphatic carbocycles. The van der Waals surface area contributed by atoms with Crippen LogP contribution in [0.4, 0.5) is 0 Å². The van der Waals surface area contributed by atoms with Gasteiger partial charge in [-0.2, -0.15) is 0 Å². The maximum absolute atomic E-state index is 12.4. The second-order valence-corrected chi connectivity index (χ2v) is 6.62. The molecule has 0 aliphatic heterocycles. The van der Waals surface area contributed by atoms with Crippen molar-refractivity contribution in [3.63, 3.8) is 0 Å². The minimum atomic E-state index is 0.0879. The number of unbranched alkanes of at least 4 members (excludes halogenated alkanes) is 1. The van der Waals surface area contributed by atoms with Gasteiger partial charge in [-0.25, -0.2) is 0 Å². The van der Waals surface area contributed by atoms with E-state index in [2.05, 4.69) is 54.7 Å². The summed E-state index contributed by atoms with van der Waals surface area (Å²) in [6, 6.07) is 5.65. The Morgan fingerprint density at radius 1 is 1.17 bits per heavy atom. The van der Waals surface area contributed by atoms with Crippen LogP contribution in [0.25, 0.3) is 0 Å². The summed E-state index contributed by atoms with van der Waals surface area (Å²) in [6.45, 7) is 3.68. The van der Waals surface area contributed by atoms with Crippen LogP contribution in [0.1, 0.15) is 30.1 Å². The largest absolute Gasteiger partial charge is 0.338 e. The van der Waals surface area contributed by atoms with Crippen molar-refractivity contribution in [1.29, 1.82) is 0 Å². The molecule has 0 saturated heterocycles. The number of halogens is 3. The Morgan fingerprint density at radius 3 is 2.28 bits per heavy atom. The second kappa shape index (κ2) is 8.33. The Labute approximate surface area is 134 Å². The molecule has 0 fully saturated rings. The van der Waals surface area contributed by atoms with Crippen molar-refractivity contribution in [2.24, 2.45) is 0 Å². The molecular formula is C13H16Br3NO. The minimum Gasteiger partial charge on any atom is -0.338 e. The van der Waals surface area contributed by atoms with Crippen LogP contribution in [0.3, 0.4) is 0 Å². The lowest BCUT2D eigenvalue weighted by Crippen LogP contribution is -2.33. The van der Waals surface area contributed by atoms with Gasteiger partial charge >= 0.3 is 0 Å². The molecule has 100 valence electrons. The van der Waals surface area contributed by atoms with E-state index < -0.39 is 0 Å². The van der Waals surface area contributed by atoms with Crippen LogP contribution in [0, 0.1) is 0 Å². The molecule has 1 aromatic carbocycles. The molecular weight excluding hydrogens is 426 g/mol. The third kappa shape index (κ3) is 5.02. The zero-order valence-corrected chi connectivity index (χ0v) is 15.0. The first-order valence-corrected chi connectivity index (χ1v) is 8.60. The third-order valence-electron chi connectivity index (χ3n) is 2.53. The van der Waals surface area contributed by atoms with Gasteiger partial charge in [0.2, 0.25) is 0 Å². The molecule has 0 spiro atoms. The summed E-state index contributed by atoms with van der Waals surface area (Å²) < 4.78 is 1.82. The van der Waals surface area contributed by atoms with Crippen LogP contribution < -0.4 is 0 Å². The molecule has 0 N–H and O–H groups in total. The topological polar surface area (TPSA) is 20.3 Å². The van der Waals surface area contributed by atoms with Crippen LogP contribution in [-0.2, 0) is 0 Å². The van der Waals surface area contributed by atoms with E-state index in [1.54, 1.807) is 0 Å². The van der Waals surface area contributed by atoms with Gasteiger partial charge in [0.05, 0.1) is 0 Å². The molecule has 1 rings (SSSR count). The van der Waals surface area contributed by atoms with Gasteiger partial charge in [-0.1, -0.05) is 61.1 Å². The van der Waals surface area contributed by atoms with Gasteiger partial charge < -0.3 is 4.90 Å². The van der Waals surface area contributed by atoms with Crippen molar-refractivity contribution < 1.29 is 4.79 Å². The number of hydrogen-bond acceptors (Lipinski definition) is 1. The quantitative estimate of drug-likeness (QED) is 0.578. The SMILES string of the molecule is CCCCN(CCBr)C(=O)c1cc(Br)cc(Br)c1. The number of carbonyl (C=O) groups excluding carboxylic acids is 1. The highest BCUT2D eigenvalue weighted by molar-refractivity contribution is 9.11. The molecule has 5 heteroatoms. The van der Waals surface area contributed by atoms with Gasteiger partial charge in [0.1, 0.15) is 0 Å². The number of rotatable bonds is 6. The van der Waals surface area contributed by atoms with Gasteiger partial charge in [0.15, 0.2) is 0 Å². The first-order chi connectivity index (χ1) is 8.58. The van der Waals surface area contributed by atoms with Crippen molar-refractivity contribution in [2.75, 3.05) is 18.4 Å². The number of amides is 1. The summed E-state index contributed by atoms with van der Waals surface area (Å²) in [5.74, 6) is 0.0879. The Hall–Kier alpha value is 0.130. The highest BCUT2D eigenvalue weighted by Crippen LogP contribution is 2.21. The Kier molecular flexibility index (Phi) is 7.49. The Morgan fingerprint density at radius 2 is 1.78 bits per heavy atom. The molecule has 18 heavy (non-hydrogen) atoms. The van der Waals surface area contributed by atoms with Crippen LogP contribution in [0.2, 0.25) is 0 Å². The standard InChI is InChI=1S/C13H16Br3NO/c1-2-3-5-17(6-4-14)13(18)10-7-11(15)9-12(16)8-10/h7-9H,2-6H2,1H3. The maximum atomic E-state index is 12.4. The number of alkyl halides is 1. The highest BCUT2D eigenvalue weighted by Gasteiger charge is 2.15. The molecule has 1 amide bonds. The predicted molar refractivity (Wildman–Crippen MR) is 86.4 cm³/mol. The molecule has 0 aliphatic rings. The average Bonchev–Trinajstić information content (AvgIpc) is 2.32. The van der Waals surface area contributed by atoms with Crippen molar-refractivity contribution in [3.05, 3.63) is 32.7 Å². The Bertz CT molecular complexity index is 389. The highest BCUT2D eigenvalue weighted by atomic mass is 79.9. The molecule has 0 saturated carbocycles. The number of hydrogen-bond donors (Lipinski definition) is 0. The first-order valence-electron chi connectivity index (χ1n) is 5.89. The van der Waals surface area contributed by atoms with Crippen molar-refractivity contribution in [1.82, 2.24) is 4.90 Å². The molecule has 2 nitrogen and oxygen atoms in total. The normalized spacial score (nSPS) is 10.4. The van der Waals surface area contributed by atoms with E-state index in [4.69, 9.17) is 0 Å². The van der Waals surface area contributed by atoms with Gasteiger partial charge in [0, 0.05) is 32.9 Å². The zero-order chi connectivity index (χ0) is 13.5. The van der Waals surface area contributed by atoms with Crippen LogP contribution in [0.15, 0.2) is 27.1 Å². The predicted octanol–water partition coefficient (Wildman–Crippen LogP) is 4.85. The number of nitrogens with zero attached hydrogens (tertiary/aromatic N) is 1. The monoisotopic (exact) mass is 439 g/mol. The molecule has 0 unspecified atom stereocenters. The lowest BCUT2D eigenvalue weighted by atomic mass is 10.2. The van der Waals surface area contributed by atoms with E-state index in [-0.39, 0.29) is 5.91 Å². The number of carbonyl (C=O) groups is 1. The van der Waals surface area contributed by atoms with E-state index in [0.29, 0.717) is 5.56 Å². The summed E-state index contributed by atoms with van der Waals surface area (Å²) >= 11 is 10.2. The molecule has 0 radical (unpaired) electrons.